The lowest BCUT2D eigenvalue weighted by atomic mass is 9.96. The molecular weight excluding hydrogens is 342 g/mol. The van der Waals surface area contributed by atoms with Crippen LogP contribution in [0.5, 0.6) is 0 Å². The Labute approximate surface area is 167 Å². The molecule has 0 amide bonds. The Bertz CT molecular complexity index is 930. The SMILES string of the molecule is C=C(O)c1cccc(N2CCC(Cc3ccc(Cc4ccccc4)cc3)C2)c1. The van der Waals surface area contributed by atoms with E-state index in [1.54, 1.807) is 0 Å². The van der Waals surface area contributed by atoms with Gasteiger partial charge in [0.1, 0.15) is 5.76 Å². The maximum atomic E-state index is 9.64. The van der Waals surface area contributed by atoms with Crippen LogP contribution in [0.15, 0.2) is 85.4 Å². The fourth-order valence-electron chi connectivity index (χ4n) is 4.07. The molecule has 2 heteroatoms. The van der Waals surface area contributed by atoms with Crippen molar-refractivity contribution in [1.29, 1.82) is 0 Å². The highest BCUT2D eigenvalue weighted by atomic mass is 16.3. The fourth-order valence-corrected chi connectivity index (χ4v) is 4.07. The molecule has 0 bridgehead atoms. The van der Waals surface area contributed by atoms with Crippen LogP contribution in [0.25, 0.3) is 5.76 Å². The molecule has 0 aliphatic carbocycles. The number of benzene rings is 3. The van der Waals surface area contributed by atoms with Gasteiger partial charge in [-0.2, -0.15) is 0 Å². The highest BCUT2D eigenvalue weighted by Gasteiger charge is 2.23. The van der Waals surface area contributed by atoms with Crippen LogP contribution in [0, 0.1) is 5.92 Å². The molecule has 1 aliphatic rings. The highest BCUT2D eigenvalue weighted by Crippen LogP contribution is 2.28. The normalized spacial score (nSPS) is 16.3. The van der Waals surface area contributed by atoms with Gasteiger partial charge < -0.3 is 10.0 Å². The summed E-state index contributed by atoms with van der Waals surface area (Å²) in [5, 5.41) is 9.64. The van der Waals surface area contributed by atoms with E-state index in [1.807, 2.05) is 18.2 Å². The van der Waals surface area contributed by atoms with Crippen LogP contribution in [0.2, 0.25) is 0 Å². The fraction of sp³-hybridized carbons (Fsp3) is 0.231. The second-order valence-corrected chi connectivity index (χ2v) is 7.78. The average Bonchev–Trinajstić information content (AvgIpc) is 3.19. The first kappa shape index (κ1) is 18.4. The van der Waals surface area contributed by atoms with Crippen molar-refractivity contribution in [2.75, 3.05) is 18.0 Å². The Kier molecular flexibility index (Phi) is 5.48. The second kappa shape index (κ2) is 8.35. The Morgan fingerprint density at radius 3 is 2.36 bits per heavy atom. The van der Waals surface area contributed by atoms with Crippen LogP contribution >= 0.6 is 0 Å². The molecule has 1 N–H and O–H groups in total. The smallest absolute Gasteiger partial charge is 0.115 e. The summed E-state index contributed by atoms with van der Waals surface area (Å²) in [4.78, 5) is 2.42. The van der Waals surface area contributed by atoms with Crippen LogP contribution < -0.4 is 4.90 Å². The molecule has 1 saturated heterocycles. The first-order chi connectivity index (χ1) is 13.7. The first-order valence-electron chi connectivity index (χ1n) is 10.0. The van der Waals surface area contributed by atoms with E-state index in [0.717, 1.165) is 31.5 Å². The summed E-state index contributed by atoms with van der Waals surface area (Å²) in [6.45, 7) is 5.76. The van der Waals surface area contributed by atoms with E-state index in [0.29, 0.717) is 5.92 Å². The maximum absolute atomic E-state index is 9.64. The van der Waals surface area contributed by atoms with Crippen LogP contribution in [0.4, 0.5) is 5.69 Å². The predicted octanol–water partition coefficient (Wildman–Crippen LogP) is 5.88. The zero-order valence-corrected chi connectivity index (χ0v) is 16.2. The first-order valence-corrected chi connectivity index (χ1v) is 10.0. The number of aliphatic hydroxyl groups is 1. The van der Waals surface area contributed by atoms with Gasteiger partial charge in [0.2, 0.25) is 0 Å². The molecule has 0 spiro atoms. The Morgan fingerprint density at radius 2 is 1.61 bits per heavy atom. The number of aliphatic hydroxyl groups excluding tert-OH is 1. The number of nitrogens with zero attached hydrogens (tertiary/aromatic N) is 1. The number of rotatable bonds is 6. The van der Waals surface area contributed by atoms with Gasteiger partial charge in [-0.15, -0.1) is 0 Å². The van der Waals surface area contributed by atoms with Crippen LogP contribution in [-0.2, 0) is 12.8 Å². The maximum Gasteiger partial charge on any atom is 0.115 e. The van der Waals surface area contributed by atoms with Crippen molar-refractivity contribution in [2.24, 2.45) is 5.92 Å². The quantitative estimate of drug-likeness (QED) is 0.549. The summed E-state index contributed by atoms with van der Waals surface area (Å²) in [7, 11) is 0. The lowest BCUT2D eigenvalue weighted by molar-refractivity contribution is 0.514. The summed E-state index contributed by atoms with van der Waals surface area (Å²) in [5.41, 5.74) is 6.11. The van der Waals surface area contributed by atoms with E-state index in [1.165, 1.54) is 28.8 Å². The van der Waals surface area contributed by atoms with E-state index >= 15 is 0 Å². The molecule has 1 aliphatic heterocycles. The lowest BCUT2D eigenvalue weighted by Gasteiger charge is -2.19. The molecule has 3 aromatic carbocycles. The number of hydrogen-bond acceptors (Lipinski definition) is 2. The van der Waals surface area contributed by atoms with Crippen LogP contribution in [-0.4, -0.2) is 18.2 Å². The molecule has 0 radical (unpaired) electrons. The van der Waals surface area contributed by atoms with Gasteiger partial charge in [-0.3, -0.25) is 0 Å². The second-order valence-electron chi connectivity index (χ2n) is 7.78. The van der Waals surface area contributed by atoms with Crippen molar-refractivity contribution >= 4 is 11.4 Å². The number of anilines is 1. The summed E-state index contributed by atoms with van der Waals surface area (Å²) in [6, 6.07) is 27.8. The van der Waals surface area contributed by atoms with E-state index < -0.39 is 0 Å². The molecule has 2 nitrogen and oxygen atoms in total. The summed E-state index contributed by atoms with van der Waals surface area (Å²) >= 11 is 0. The molecule has 142 valence electrons. The molecule has 1 atom stereocenters. The third kappa shape index (κ3) is 4.45. The van der Waals surface area contributed by atoms with Gasteiger partial charge >= 0.3 is 0 Å². The van der Waals surface area contributed by atoms with Gasteiger partial charge in [0, 0.05) is 24.3 Å². The molecule has 1 fully saturated rings. The minimum Gasteiger partial charge on any atom is -0.508 e. The molecular formula is C26H27NO. The minimum atomic E-state index is 0.133. The van der Waals surface area contributed by atoms with Gasteiger partial charge in [0.05, 0.1) is 0 Å². The van der Waals surface area contributed by atoms with E-state index in [9.17, 15) is 5.11 Å². The van der Waals surface area contributed by atoms with Crippen molar-refractivity contribution in [3.8, 4) is 0 Å². The number of hydrogen-bond donors (Lipinski definition) is 1. The van der Waals surface area contributed by atoms with Crippen molar-refractivity contribution in [1.82, 2.24) is 0 Å². The molecule has 3 aromatic rings. The molecule has 4 rings (SSSR count). The highest BCUT2D eigenvalue weighted by molar-refractivity contribution is 5.62. The molecule has 1 unspecified atom stereocenters. The zero-order valence-electron chi connectivity index (χ0n) is 16.2. The van der Waals surface area contributed by atoms with Crippen molar-refractivity contribution < 1.29 is 5.11 Å². The van der Waals surface area contributed by atoms with Gasteiger partial charge in [-0.1, -0.05) is 73.3 Å². The average molecular weight is 370 g/mol. The van der Waals surface area contributed by atoms with Crippen molar-refractivity contribution in [3.05, 3.63) is 108 Å². The van der Waals surface area contributed by atoms with Gasteiger partial charge in [0.25, 0.3) is 0 Å². The van der Waals surface area contributed by atoms with E-state index in [2.05, 4.69) is 72.1 Å². The monoisotopic (exact) mass is 369 g/mol. The third-order valence-corrected chi connectivity index (χ3v) is 5.63. The van der Waals surface area contributed by atoms with E-state index in [4.69, 9.17) is 0 Å². The Morgan fingerprint density at radius 1 is 0.893 bits per heavy atom. The standard InChI is InChI=1S/C26H27NO/c1-20(28)25-8-5-9-26(18-25)27-15-14-24(19-27)17-23-12-10-22(11-13-23)16-21-6-3-2-4-7-21/h2-13,18,24,28H,1,14-17,19H2. The van der Waals surface area contributed by atoms with Gasteiger partial charge in [-0.05, 0) is 54.0 Å². The molecule has 0 aromatic heterocycles. The molecule has 1 heterocycles. The van der Waals surface area contributed by atoms with Gasteiger partial charge in [0.15, 0.2) is 0 Å². The molecule has 28 heavy (non-hydrogen) atoms. The van der Waals surface area contributed by atoms with Crippen LogP contribution in [0.1, 0.15) is 28.7 Å². The largest absolute Gasteiger partial charge is 0.508 e. The minimum absolute atomic E-state index is 0.133. The van der Waals surface area contributed by atoms with E-state index in [-0.39, 0.29) is 5.76 Å². The summed E-state index contributed by atoms with van der Waals surface area (Å²) < 4.78 is 0. The van der Waals surface area contributed by atoms with Crippen molar-refractivity contribution in [2.45, 2.75) is 19.3 Å². The van der Waals surface area contributed by atoms with Gasteiger partial charge in [-0.25, -0.2) is 0 Å². The summed E-state index contributed by atoms with van der Waals surface area (Å²) in [6.07, 6.45) is 3.31. The third-order valence-electron chi connectivity index (χ3n) is 5.63. The van der Waals surface area contributed by atoms with Crippen LogP contribution in [0.3, 0.4) is 0 Å². The molecule has 0 saturated carbocycles. The topological polar surface area (TPSA) is 23.5 Å². The van der Waals surface area contributed by atoms with Crippen molar-refractivity contribution in [3.63, 3.8) is 0 Å². The zero-order chi connectivity index (χ0) is 19.3. The Hall–Kier alpha value is -3.00. The Balaban J connectivity index is 1.35. The lowest BCUT2D eigenvalue weighted by Crippen LogP contribution is -2.20. The predicted molar refractivity (Wildman–Crippen MR) is 118 cm³/mol. The summed E-state index contributed by atoms with van der Waals surface area (Å²) in [5.74, 6) is 0.800.